The van der Waals surface area contributed by atoms with E-state index < -0.39 is 5.91 Å². The predicted octanol–water partition coefficient (Wildman–Crippen LogP) is 5.58. The number of allylic oxidation sites excluding steroid dienone is 1. The molecule has 3 aromatic rings. The first kappa shape index (κ1) is 27.7. The van der Waals surface area contributed by atoms with Gasteiger partial charge >= 0.3 is 0 Å². The van der Waals surface area contributed by atoms with Gasteiger partial charge in [0.2, 0.25) is 5.17 Å². The highest BCUT2D eigenvalue weighted by Crippen LogP contribution is 2.32. The fraction of sp³-hybridized carbons (Fsp3) is 0.161. The molecule has 9 nitrogen and oxygen atoms in total. The zero-order valence-corrected chi connectivity index (χ0v) is 23.2. The van der Waals surface area contributed by atoms with Crippen LogP contribution in [0, 0.1) is 5.41 Å². The molecule has 2 aliphatic rings. The maximum absolute atomic E-state index is 12.8. The van der Waals surface area contributed by atoms with Crippen molar-refractivity contribution in [2.45, 2.75) is 6.42 Å². The van der Waals surface area contributed by atoms with E-state index in [9.17, 15) is 4.79 Å². The van der Waals surface area contributed by atoms with Crippen molar-refractivity contribution in [2.24, 2.45) is 10.1 Å². The lowest BCUT2D eigenvalue weighted by atomic mass is 10.1. The van der Waals surface area contributed by atoms with Gasteiger partial charge in [-0.25, -0.2) is 0 Å². The molecular formula is C31H28N4O5S. The molecule has 0 fully saturated rings. The number of carbonyl (C=O) groups is 1. The zero-order valence-electron chi connectivity index (χ0n) is 22.4. The number of fused-ring (bicyclic) bond motifs is 1. The number of amidine groups is 2. The summed E-state index contributed by atoms with van der Waals surface area (Å²) >= 11 is 1.21. The van der Waals surface area contributed by atoms with Crippen LogP contribution in [0.4, 0.5) is 0 Å². The molecule has 0 spiro atoms. The van der Waals surface area contributed by atoms with Crippen molar-refractivity contribution in [3.63, 3.8) is 0 Å². The number of nitrogens with zero attached hydrogens (tertiary/aromatic N) is 3. The van der Waals surface area contributed by atoms with Crippen LogP contribution in [0.5, 0.6) is 23.0 Å². The van der Waals surface area contributed by atoms with E-state index in [1.807, 2.05) is 60.7 Å². The minimum absolute atomic E-state index is 0.0598. The van der Waals surface area contributed by atoms with E-state index in [2.05, 4.69) is 16.7 Å². The Hall–Kier alpha value is -4.83. The number of benzene rings is 3. The van der Waals surface area contributed by atoms with Gasteiger partial charge in [0.05, 0.1) is 12.7 Å². The number of ether oxygens (including phenoxy) is 4. The molecule has 0 aliphatic carbocycles. The van der Waals surface area contributed by atoms with Crippen LogP contribution in [0.25, 0.3) is 6.08 Å². The van der Waals surface area contributed by atoms with Crippen LogP contribution < -0.4 is 18.9 Å². The zero-order chi connectivity index (χ0) is 28.6. The monoisotopic (exact) mass is 568 g/mol. The molecule has 0 saturated heterocycles. The molecular weight excluding hydrogens is 540 g/mol. The number of amides is 1. The van der Waals surface area contributed by atoms with Gasteiger partial charge in [-0.05, 0) is 65.7 Å². The van der Waals surface area contributed by atoms with Gasteiger partial charge in [-0.15, -0.1) is 6.58 Å². The van der Waals surface area contributed by atoms with Gasteiger partial charge in [0.25, 0.3) is 5.91 Å². The van der Waals surface area contributed by atoms with Crippen molar-refractivity contribution in [2.75, 3.05) is 26.9 Å². The lowest BCUT2D eigenvalue weighted by molar-refractivity contribution is -0.114. The summed E-state index contributed by atoms with van der Waals surface area (Å²) in [6.07, 6.45) is 4.15. The topological polar surface area (TPSA) is 106 Å². The standard InChI is InChI=1S/C31H28N4O5S/c1-3-9-22-10-7-8-13-25(22)38-16-17-39-26-15-14-21(19-27(26)37-2)18-24-29(32)35-31(33-30(24)36)41-28(34-35)20-40-23-11-5-4-6-12-23/h3-8,10-15,18-19,32H,1,9,16-17,20H2,2H3/b24-18-,32-29?. The Morgan fingerprint density at radius 1 is 0.951 bits per heavy atom. The van der Waals surface area contributed by atoms with Crippen LogP contribution in [0.15, 0.2) is 101 Å². The van der Waals surface area contributed by atoms with Crippen molar-refractivity contribution in [3.05, 3.63) is 102 Å². The van der Waals surface area contributed by atoms with Gasteiger partial charge in [0.15, 0.2) is 17.3 Å². The second kappa shape index (κ2) is 13.0. The number of nitrogens with one attached hydrogen (secondary N) is 1. The number of methoxy groups -OCH3 is 1. The van der Waals surface area contributed by atoms with E-state index in [4.69, 9.17) is 24.4 Å². The molecule has 0 atom stereocenters. The van der Waals surface area contributed by atoms with E-state index in [0.29, 0.717) is 46.2 Å². The van der Waals surface area contributed by atoms with Crippen molar-refractivity contribution >= 4 is 39.8 Å². The lowest BCUT2D eigenvalue weighted by Crippen LogP contribution is -2.35. The third kappa shape index (κ3) is 6.67. The summed E-state index contributed by atoms with van der Waals surface area (Å²) in [5.74, 6) is 1.95. The molecule has 0 unspecified atom stereocenters. The van der Waals surface area contributed by atoms with Gasteiger partial charge in [0, 0.05) is 0 Å². The highest BCUT2D eigenvalue weighted by atomic mass is 32.2. The van der Waals surface area contributed by atoms with Crippen LogP contribution in [-0.2, 0) is 11.2 Å². The smallest absolute Gasteiger partial charge is 0.283 e. The summed E-state index contributed by atoms with van der Waals surface area (Å²) in [6, 6.07) is 22.5. The normalized spacial score (nSPS) is 15.2. The Kier molecular flexibility index (Phi) is 8.80. The summed E-state index contributed by atoms with van der Waals surface area (Å²) < 4.78 is 23.1. The van der Waals surface area contributed by atoms with Crippen molar-refractivity contribution < 1.29 is 23.7 Å². The van der Waals surface area contributed by atoms with Crippen LogP contribution in [-0.4, -0.2) is 53.9 Å². The molecule has 0 radical (unpaired) electrons. The molecule has 2 aliphatic heterocycles. The highest BCUT2D eigenvalue weighted by molar-refractivity contribution is 8.27. The fourth-order valence-corrected chi connectivity index (χ4v) is 4.88. The Morgan fingerprint density at radius 2 is 1.71 bits per heavy atom. The second-order valence-corrected chi connectivity index (χ2v) is 9.86. The number of thioether (sulfide) groups is 1. The number of hydrogen-bond acceptors (Lipinski definition) is 8. The molecule has 208 valence electrons. The minimum atomic E-state index is -0.512. The van der Waals surface area contributed by atoms with Crippen molar-refractivity contribution in [3.8, 4) is 23.0 Å². The number of para-hydroxylation sites is 2. The quantitative estimate of drug-likeness (QED) is 0.173. The SMILES string of the molecule is C=CCc1ccccc1OCCOc1ccc(/C=C2/C(=N)N3N=C(COc4ccccc4)SC3=NC2=O)cc1OC. The van der Waals surface area contributed by atoms with E-state index >= 15 is 0 Å². The maximum atomic E-state index is 12.8. The Balaban J connectivity index is 1.22. The molecule has 3 aromatic carbocycles. The summed E-state index contributed by atoms with van der Waals surface area (Å²) in [4.78, 5) is 17.0. The molecule has 41 heavy (non-hydrogen) atoms. The first-order valence-corrected chi connectivity index (χ1v) is 13.7. The molecule has 1 amide bonds. The van der Waals surface area contributed by atoms with Crippen molar-refractivity contribution in [1.82, 2.24) is 5.01 Å². The average Bonchev–Trinajstić information content (AvgIpc) is 3.41. The number of hydrogen-bond donors (Lipinski definition) is 1. The first-order valence-electron chi connectivity index (χ1n) is 12.8. The van der Waals surface area contributed by atoms with E-state index in [1.165, 1.54) is 16.8 Å². The average molecular weight is 569 g/mol. The number of carbonyl (C=O) groups excluding carboxylic acids is 1. The Bertz CT molecular complexity index is 1550. The third-order valence-electron chi connectivity index (χ3n) is 6.04. The molecule has 1 N–H and O–H groups in total. The molecule has 0 saturated carbocycles. The summed E-state index contributed by atoms with van der Waals surface area (Å²) in [7, 11) is 1.54. The predicted molar refractivity (Wildman–Crippen MR) is 161 cm³/mol. The number of aliphatic imine (C=N–C) groups is 1. The number of rotatable bonds is 12. The molecule has 10 heteroatoms. The van der Waals surface area contributed by atoms with E-state index in [1.54, 1.807) is 31.4 Å². The van der Waals surface area contributed by atoms with Crippen LogP contribution in [0.3, 0.4) is 0 Å². The second-order valence-electron chi connectivity index (χ2n) is 8.82. The van der Waals surface area contributed by atoms with E-state index in [-0.39, 0.29) is 18.0 Å². The molecule has 0 aromatic heterocycles. The van der Waals surface area contributed by atoms with Crippen LogP contribution >= 0.6 is 11.8 Å². The first-order chi connectivity index (χ1) is 20.1. The summed E-state index contributed by atoms with van der Waals surface area (Å²) in [5, 5.41) is 15.3. The summed E-state index contributed by atoms with van der Waals surface area (Å²) in [6.45, 7) is 4.65. The maximum Gasteiger partial charge on any atom is 0.283 e. The highest BCUT2D eigenvalue weighted by Gasteiger charge is 2.35. The largest absolute Gasteiger partial charge is 0.493 e. The van der Waals surface area contributed by atoms with Crippen LogP contribution in [0.2, 0.25) is 0 Å². The minimum Gasteiger partial charge on any atom is -0.493 e. The van der Waals surface area contributed by atoms with Crippen LogP contribution in [0.1, 0.15) is 11.1 Å². The molecule has 2 heterocycles. The van der Waals surface area contributed by atoms with Gasteiger partial charge < -0.3 is 18.9 Å². The Morgan fingerprint density at radius 3 is 2.49 bits per heavy atom. The fourth-order valence-electron chi connectivity index (χ4n) is 4.08. The number of hydrazone groups is 1. The van der Waals surface area contributed by atoms with Gasteiger partial charge in [-0.2, -0.15) is 15.1 Å². The van der Waals surface area contributed by atoms with E-state index in [0.717, 1.165) is 17.7 Å². The summed E-state index contributed by atoms with van der Waals surface area (Å²) in [5.41, 5.74) is 1.83. The third-order valence-corrected chi connectivity index (χ3v) is 6.92. The lowest BCUT2D eigenvalue weighted by Gasteiger charge is -2.20. The Labute approximate surface area is 242 Å². The molecule has 0 bridgehead atoms. The van der Waals surface area contributed by atoms with Crippen molar-refractivity contribution in [1.29, 1.82) is 5.41 Å². The van der Waals surface area contributed by atoms with Gasteiger partial charge in [0.1, 0.15) is 36.4 Å². The van der Waals surface area contributed by atoms with Gasteiger partial charge in [-0.1, -0.05) is 48.5 Å². The van der Waals surface area contributed by atoms with Gasteiger partial charge in [-0.3, -0.25) is 10.2 Å². The molecule has 5 rings (SSSR count).